The van der Waals surface area contributed by atoms with Gasteiger partial charge in [-0.3, -0.25) is 4.99 Å². The molecule has 0 aliphatic carbocycles. The van der Waals surface area contributed by atoms with Gasteiger partial charge in [0, 0.05) is 31.4 Å². The lowest BCUT2D eigenvalue weighted by molar-refractivity contribution is 0.170. The van der Waals surface area contributed by atoms with Gasteiger partial charge in [0.15, 0.2) is 5.96 Å². The fourth-order valence-corrected chi connectivity index (χ4v) is 2.96. The molecule has 2 aromatic rings. The number of aliphatic hydroxyl groups excluding tert-OH is 1. The van der Waals surface area contributed by atoms with Crippen LogP contribution in [0.15, 0.2) is 40.7 Å². The molecule has 6 heteroatoms. The van der Waals surface area contributed by atoms with Gasteiger partial charge in [0.25, 0.3) is 0 Å². The van der Waals surface area contributed by atoms with Crippen molar-refractivity contribution in [3.63, 3.8) is 0 Å². The molecular weight excluding hydrogens is 320 g/mol. The third-order valence-corrected chi connectivity index (χ3v) is 4.36. The number of hydrogen-bond donors (Lipinski definition) is 3. The summed E-state index contributed by atoms with van der Waals surface area (Å²) >= 11 is 1.68. The maximum Gasteiger partial charge on any atom is 0.191 e. The Labute approximate surface area is 147 Å². The van der Waals surface area contributed by atoms with Crippen LogP contribution in [0.25, 0.3) is 0 Å². The van der Waals surface area contributed by atoms with Crippen LogP contribution in [0.1, 0.15) is 35.7 Å². The van der Waals surface area contributed by atoms with Crippen molar-refractivity contribution in [1.29, 1.82) is 0 Å². The quantitative estimate of drug-likeness (QED) is 0.508. The molecule has 0 amide bonds. The predicted octanol–water partition coefficient (Wildman–Crippen LogP) is 2.67. The predicted molar refractivity (Wildman–Crippen MR) is 101 cm³/mol. The van der Waals surface area contributed by atoms with Gasteiger partial charge in [-0.15, -0.1) is 11.3 Å². The molecule has 1 unspecified atom stereocenters. The molecule has 1 heterocycles. The van der Waals surface area contributed by atoms with Crippen LogP contribution in [0.4, 0.5) is 0 Å². The van der Waals surface area contributed by atoms with E-state index in [1.165, 1.54) is 0 Å². The molecule has 3 N–H and O–H groups in total. The van der Waals surface area contributed by atoms with Crippen LogP contribution in [0, 0.1) is 6.92 Å². The Morgan fingerprint density at radius 1 is 1.29 bits per heavy atom. The van der Waals surface area contributed by atoms with E-state index in [1.807, 2.05) is 44.2 Å². The number of thiazole rings is 1. The number of nitrogens with zero attached hydrogens (tertiary/aromatic N) is 2. The molecule has 0 aliphatic rings. The average molecular weight is 347 g/mol. The molecule has 1 aromatic carbocycles. The van der Waals surface area contributed by atoms with Crippen LogP contribution in [-0.2, 0) is 6.42 Å². The van der Waals surface area contributed by atoms with Gasteiger partial charge < -0.3 is 15.7 Å². The second kappa shape index (κ2) is 10.1. The number of guanidine groups is 1. The highest BCUT2D eigenvalue weighted by Gasteiger charge is 2.06. The highest BCUT2D eigenvalue weighted by molar-refractivity contribution is 7.09. The molecule has 0 aliphatic heterocycles. The Morgan fingerprint density at radius 2 is 2.08 bits per heavy atom. The van der Waals surface area contributed by atoms with E-state index in [9.17, 15) is 5.11 Å². The summed E-state index contributed by atoms with van der Waals surface area (Å²) in [4.78, 5) is 8.99. The zero-order chi connectivity index (χ0) is 17.2. The van der Waals surface area contributed by atoms with E-state index in [-0.39, 0.29) is 0 Å². The Hall–Kier alpha value is -1.92. The van der Waals surface area contributed by atoms with Crippen molar-refractivity contribution in [2.24, 2.45) is 4.99 Å². The highest BCUT2D eigenvalue weighted by Crippen LogP contribution is 2.15. The van der Waals surface area contributed by atoms with Crippen molar-refractivity contribution in [2.45, 2.75) is 32.8 Å². The molecule has 1 aromatic heterocycles. The minimum Gasteiger partial charge on any atom is -0.388 e. The van der Waals surface area contributed by atoms with Gasteiger partial charge in [-0.05, 0) is 25.8 Å². The first-order chi connectivity index (χ1) is 11.7. The average Bonchev–Trinajstić information content (AvgIpc) is 3.01. The van der Waals surface area contributed by atoms with Gasteiger partial charge in [0.2, 0.25) is 0 Å². The second-order valence-corrected chi connectivity index (χ2v) is 6.57. The van der Waals surface area contributed by atoms with E-state index in [4.69, 9.17) is 0 Å². The molecule has 0 fully saturated rings. The molecule has 1 atom stereocenters. The van der Waals surface area contributed by atoms with E-state index in [0.29, 0.717) is 13.0 Å². The summed E-state index contributed by atoms with van der Waals surface area (Å²) in [6.07, 6.45) is 1.00. The first-order valence-corrected chi connectivity index (χ1v) is 9.23. The SMILES string of the molecule is CCNC(=NCCC(O)c1ccccc1)NCCc1csc(C)n1. The number of aliphatic hydroxyl groups is 1. The molecule has 0 spiro atoms. The van der Waals surface area contributed by atoms with Crippen LogP contribution in [-0.4, -0.2) is 35.7 Å². The fraction of sp³-hybridized carbons (Fsp3) is 0.444. The van der Waals surface area contributed by atoms with E-state index >= 15 is 0 Å². The van der Waals surface area contributed by atoms with Gasteiger partial charge in [-0.1, -0.05) is 30.3 Å². The monoisotopic (exact) mass is 346 g/mol. The Morgan fingerprint density at radius 3 is 2.75 bits per heavy atom. The van der Waals surface area contributed by atoms with Crippen LogP contribution in [0.2, 0.25) is 0 Å². The molecular formula is C18H26N4OS. The normalized spacial score (nSPS) is 12.9. The van der Waals surface area contributed by atoms with Crippen molar-refractivity contribution >= 4 is 17.3 Å². The van der Waals surface area contributed by atoms with Gasteiger partial charge in [0.05, 0.1) is 16.8 Å². The molecule has 0 radical (unpaired) electrons. The van der Waals surface area contributed by atoms with Crippen LogP contribution >= 0.6 is 11.3 Å². The maximum atomic E-state index is 10.2. The maximum absolute atomic E-state index is 10.2. The van der Waals surface area contributed by atoms with E-state index < -0.39 is 6.10 Å². The van der Waals surface area contributed by atoms with E-state index in [1.54, 1.807) is 11.3 Å². The highest BCUT2D eigenvalue weighted by atomic mass is 32.1. The smallest absolute Gasteiger partial charge is 0.191 e. The lowest BCUT2D eigenvalue weighted by Crippen LogP contribution is -2.38. The summed E-state index contributed by atoms with van der Waals surface area (Å²) in [6.45, 7) is 6.23. The second-order valence-electron chi connectivity index (χ2n) is 5.51. The van der Waals surface area contributed by atoms with Crippen molar-refractivity contribution in [1.82, 2.24) is 15.6 Å². The lowest BCUT2D eigenvalue weighted by atomic mass is 10.1. The zero-order valence-electron chi connectivity index (χ0n) is 14.3. The third-order valence-electron chi connectivity index (χ3n) is 3.54. The van der Waals surface area contributed by atoms with E-state index in [2.05, 4.69) is 26.0 Å². The Balaban J connectivity index is 1.77. The largest absolute Gasteiger partial charge is 0.388 e. The number of nitrogens with one attached hydrogen (secondary N) is 2. The minimum absolute atomic E-state index is 0.476. The molecule has 2 rings (SSSR count). The summed E-state index contributed by atoms with van der Waals surface area (Å²) in [5, 5.41) is 19.9. The number of aryl methyl sites for hydroxylation is 1. The summed E-state index contributed by atoms with van der Waals surface area (Å²) in [5.74, 6) is 0.782. The fourth-order valence-electron chi connectivity index (χ4n) is 2.31. The number of rotatable bonds is 8. The number of aromatic nitrogens is 1. The van der Waals surface area contributed by atoms with Gasteiger partial charge in [-0.2, -0.15) is 0 Å². The lowest BCUT2D eigenvalue weighted by Gasteiger charge is -2.12. The molecule has 0 saturated heterocycles. The summed E-state index contributed by atoms with van der Waals surface area (Å²) < 4.78 is 0. The molecule has 130 valence electrons. The molecule has 24 heavy (non-hydrogen) atoms. The Kier molecular flexibility index (Phi) is 7.71. The number of hydrogen-bond acceptors (Lipinski definition) is 4. The first kappa shape index (κ1) is 18.4. The van der Waals surface area contributed by atoms with Gasteiger partial charge in [0.1, 0.15) is 0 Å². The molecule has 0 bridgehead atoms. The van der Waals surface area contributed by atoms with Gasteiger partial charge >= 0.3 is 0 Å². The third kappa shape index (κ3) is 6.29. The summed E-state index contributed by atoms with van der Waals surface area (Å²) in [6, 6.07) is 9.70. The number of aliphatic imine (C=N–C) groups is 1. The summed E-state index contributed by atoms with van der Waals surface area (Å²) in [7, 11) is 0. The van der Waals surface area contributed by atoms with Crippen LogP contribution < -0.4 is 10.6 Å². The van der Waals surface area contributed by atoms with Crippen molar-refractivity contribution in [3.05, 3.63) is 52.0 Å². The zero-order valence-corrected chi connectivity index (χ0v) is 15.1. The van der Waals surface area contributed by atoms with Crippen molar-refractivity contribution in [3.8, 4) is 0 Å². The standard InChI is InChI=1S/C18H26N4OS/c1-3-19-18(20-11-9-16-13-24-14(2)22-16)21-12-10-17(23)15-7-5-4-6-8-15/h4-8,13,17,23H,3,9-12H2,1-2H3,(H2,19,20,21). The minimum atomic E-state index is -0.476. The first-order valence-electron chi connectivity index (χ1n) is 8.35. The molecule has 5 nitrogen and oxygen atoms in total. The summed E-state index contributed by atoms with van der Waals surface area (Å²) in [5.41, 5.74) is 2.05. The van der Waals surface area contributed by atoms with Crippen LogP contribution in [0.5, 0.6) is 0 Å². The van der Waals surface area contributed by atoms with Crippen molar-refractivity contribution < 1.29 is 5.11 Å². The van der Waals surface area contributed by atoms with Gasteiger partial charge in [-0.25, -0.2) is 4.98 Å². The van der Waals surface area contributed by atoms with E-state index in [0.717, 1.165) is 41.7 Å². The molecule has 0 saturated carbocycles. The van der Waals surface area contributed by atoms with Crippen molar-refractivity contribution in [2.75, 3.05) is 19.6 Å². The van der Waals surface area contributed by atoms with Crippen LogP contribution in [0.3, 0.4) is 0 Å². The topological polar surface area (TPSA) is 69.5 Å². The number of benzene rings is 1. The Bertz CT molecular complexity index is 627.